The zero-order valence-corrected chi connectivity index (χ0v) is 12.6. The molecule has 116 valence electrons. The van der Waals surface area contributed by atoms with E-state index in [1.54, 1.807) is 0 Å². The minimum atomic E-state index is -0.504. The van der Waals surface area contributed by atoms with Crippen LogP contribution in [0.1, 0.15) is 20.8 Å². The number of hydrogen-bond donors (Lipinski definition) is 1. The molecule has 0 aliphatic rings. The lowest BCUT2D eigenvalue weighted by molar-refractivity contribution is -0.384. The minimum absolute atomic E-state index is 0.0678. The van der Waals surface area contributed by atoms with Gasteiger partial charge in [-0.1, -0.05) is 20.8 Å². The summed E-state index contributed by atoms with van der Waals surface area (Å²) in [5, 5.41) is 13.4. The Labute approximate surface area is 123 Å². The lowest BCUT2D eigenvalue weighted by Crippen LogP contribution is -2.37. The third kappa shape index (κ3) is 4.94. The lowest BCUT2D eigenvalue weighted by Gasteiger charge is -2.18. The normalized spacial score (nSPS) is 10.9. The molecule has 1 aromatic carbocycles. The van der Waals surface area contributed by atoms with Crippen molar-refractivity contribution in [2.75, 3.05) is 20.3 Å². The van der Waals surface area contributed by atoms with E-state index in [1.807, 2.05) is 20.8 Å². The number of nitrogens with zero attached hydrogens (tertiary/aromatic N) is 1. The molecule has 1 aromatic rings. The molecule has 0 aliphatic heterocycles. The number of non-ortho nitro benzene ring substituents is 1. The van der Waals surface area contributed by atoms with Gasteiger partial charge in [0.2, 0.25) is 5.91 Å². The van der Waals surface area contributed by atoms with Gasteiger partial charge in [-0.3, -0.25) is 14.9 Å². The van der Waals surface area contributed by atoms with E-state index in [2.05, 4.69) is 5.32 Å². The Hall–Kier alpha value is -2.31. The number of amides is 1. The highest BCUT2D eigenvalue weighted by molar-refractivity contribution is 5.81. The number of nitrogens with one attached hydrogen (secondary N) is 1. The van der Waals surface area contributed by atoms with Crippen molar-refractivity contribution in [3.8, 4) is 11.5 Å². The van der Waals surface area contributed by atoms with E-state index in [-0.39, 0.29) is 24.0 Å². The molecule has 0 unspecified atom stereocenters. The number of hydrogen-bond acceptors (Lipinski definition) is 5. The second kappa shape index (κ2) is 6.92. The summed E-state index contributed by atoms with van der Waals surface area (Å²) in [5.74, 6) is 0.612. The van der Waals surface area contributed by atoms with Gasteiger partial charge in [-0.05, 0) is 6.07 Å². The van der Waals surface area contributed by atoms with Crippen LogP contribution in [-0.2, 0) is 4.79 Å². The van der Waals surface area contributed by atoms with Gasteiger partial charge in [0, 0.05) is 11.5 Å². The minimum Gasteiger partial charge on any atom is -0.493 e. The van der Waals surface area contributed by atoms with Crippen molar-refractivity contribution >= 4 is 11.6 Å². The van der Waals surface area contributed by atoms with Crippen LogP contribution in [0.5, 0.6) is 11.5 Å². The predicted molar refractivity (Wildman–Crippen MR) is 77.6 cm³/mol. The zero-order valence-electron chi connectivity index (χ0n) is 12.6. The van der Waals surface area contributed by atoms with Crippen LogP contribution in [0.3, 0.4) is 0 Å². The number of carbonyl (C=O) groups excluding carboxylic acids is 1. The van der Waals surface area contributed by atoms with Gasteiger partial charge in [-0.15, -0.1) is 0 Å². The zero-order chi connectivity index (χ0) is 16.0. The van der Waals surface area contributed by atoms with Gasteiger partial charge in [-0.25, -0.2) is 0 Å². The monoisotopic (exact) mass is 296 g/mol. The van der Waals surface area contributed by atoms with Gasteiger partial charge in [0.1, 0.15) is 6.61 Å². The third-order valence-electron chi connectivity index (χ3n) is 2.68. The van der Waals surface area contributed by atoms with Gasteiger partial charge in [0.15, 0.2) is 11.5 Å². The van der Waals surface area contributed by atoms with Gasteiger partial charge in [0.05, 0.1) is 24.6 Å². The van der Waals surface area contributed by atoms with Crippen LogP contribution in [0.25, 0.3) is 0 Å². The van der Waals surface area contributed by atoms with Crippen LogP contribution < -0.4 is 14.8 Å². The SMILES string of the molecule is COc1cc([N+](=O)[O-])ccc1OCCNC(=O)C(C)(C)C. The summed E-state index contributed by atoms with van der Waals surface area (Å²) >= 11 is 0. The fraction of sp³-hybridized carbons (Fsp3) is 0.500. The second-order valence-electron chi connectivity index (χ2n) is 5.45. The third-order valence-corrected chi connectivity index (χ3v) is 2.68. The average molecular weight is 296 g/mol. The molecule has 0 aromatic heterocycles. The summed E-state index contributed by atoms with van der Waals surface area (Å²) in [7, 11) is 1.41. The number of ether oxygens (including phenoxy) is 2. The van der Waals surface area contributed by atoms with E-state index in [9.17, 15) is 14.9 Å². The highest BCUT2D eigenvalue weighted by Crippen LogP contribution is 2.30. The molecule has 0 saturated heterocycles. The molecule has 0 spiro atoms. The Bertz CT molecular complexity index is 523. The van der Waals surface area contributed by atoms with E-state index in [4.69, 9.17) is 9.47 Å². The highest BCUT2D eigenvalue weighted by Gasteiger charge is 2.20. The van der Waals surface area contributed by atoms with E-state index in [1.165, 1.54) is 25.3 Å². The van der Waals surface area contributed by atoms with Gasteiger partial charge < -0.3 is 14.8 Å². The topological polar surface area (TPSA) is 90.7 Å². The van der Waals surface area contributed by atoms with Crippen molar-refractivity contribution in [3.05, 3.63) is 28.3 Å². The van der Waals surface area contributed by atoms with Crippen molar-refractivity contribution in [2.24, 2.45) is 5.41 Å². The Balaban J connectivity index is 2.56. The maximum absolute atomic E-state index is 11.7. The molecule has 0 heterocycles. The Morgan fingerprint density at radius 1 is 1.33 bits per heavy atom. The second-order valence-corrected chi connectivity index (χ2v) is 5.45. The van der Waals surface area contributed by atoms with E-state index >= 15 is 0 Å². The number of carbonyl (C=O) groups is 1. The van der Waals surface area contributed by atoms with Crippen molar-refractivity contribution in [3.63, 3.8) is 0 Å². The number of nitro groups is 1. The van der Waals surface area contributed by atoms with Crippen LogP contribution in [0.4, 0.5) is 5.69 Å². The van der Waals surface area contributed by atoms with Crippen LogP contribution in [0.2, 0.25) is 0 Å². The first-order valence-electron chi connectivity index (χ1n) is 6.49. The highest BCUT2D eigenvalue weighted by atomic mass is 16.6. The van der Waals surface area contributed by atoms with Crippen molar-refractivity contribution in [1.82, 2.24) is 5.32 Å². The Kier molecular flexibility index (Phi) is 5.52. The molecule has 0 bridgehead atoms. The summed E-state index contributed by atoms with van der Waals surface area (Å²) in [6.45, 7) is 6.06. The fourth-order valence-corrected chi connectivity index (χ4v) is 1.48. The Morgan fingerprint density at radius 2 is 2.00 bits per heavy atom. The summed E-state index contributed by atoms with van der Waals surface area (Å²) in [6, 6.07) is 4.11. The molecule has 0 radical (unpaired) electrons. The molecule has 7 heteroatoms. The predicted octanol–water partition coefficient (Wildman–Crippen LogP) is 2.14. The van der Waals surface area contributed by atoms with Crippen LogP contribution in [0.15, 0.2) is 18.2 Å². The maximum atomic E-state index is 11.7. The molecule has 7 nitrogen and oxygen atoms in total. The molecular weight excluding hydrogens is 276 g/mol. The first kappa shape index (κ1) is 16.7. The first-order valence-corrected chi connectivity index (χ1v) is 6.49. The summed E-state index contributed by atoms with van der Waals surface area (Å²) in [6.07, 6.45) is 0. The van der Waals surface area contributed by atoms with Crippen molar-refractivity contribution < 1.29 is 19.2 Å². The number of nitro benzene ring substituents is 1. The summed E-state index contributed by atoms with van der Waals surface area (Å²) < 4.78 is 10.5. The van der Waals surface area contributed by atoms with Gasteiger partial charge in [0.25, 0.3) is 5.69 Å². The average Bonchev–Trinajstić information content (AvgIpc) is 2.42. The van der Waals surface area contributed by atoms with Crippen LogP contribution in [-0.4, -0.2) is 31.1 Å². The molecule has 1 rings (SSSR count). The van der Waals surface area contributed by atoms with Crippen molar-refractivity contribution in [1.29, 1.82) is 0 Å². The fourth-order valence-electron chi connectivity index (χ4n) is 1.48. The lowest BCUT2D eigenvalue weighted by atomic mass is 9.96. The van der Waals surface area contributed by atoms with E-state index < -0.39 is 10.3 Å². The largest absolute Gasteiger partial charge is 0.493 e. The van der Waals surface area contributed by atoms with E-state index in [0.29, 0.717) is 12.3 Å². The standard InChI is InChI=1S/C14H20N2O5/c1-14(2,3)13(17)15-7-8-21-11-6-5-10(16(18)19)9-12(11)20-4/h5-6,9H,7-8H2,1-4H3,(H,15,17). The number of benzene rings is 1. The first-order chi connectivity index (χ1) is 9.75. The maximum Gasteiger partial charge on any atom is 0.273 e. The summed E-state index contributed by atoms with van der Waals surface area (Å²) in [5.41, 5.74) is -0.523. The number of rotatable bonds is 6. The molecule has 0 atom stereocenters. The van der Waals surface area contributed by atoms with Gasteiger partial charge >= 0.3 is 0 Å². The van der Waals surface area contributed by atoms with Crippen molar-refractivity contribution in [2.45, 2.75) is 20.8 Å². The molecule has 0 saturated carbocycles. The molecule has 21 heavy (non-hydrogen) atoms. The van der Waals surface area contributed by atoms with Crippen LogP contribution >= 0.6 is 0 Å². The smallest absolute Gasteiger partial charge is 0.273 e. The molecule has 1 amide bonds. The molecule has 0 aliphatic carbocycles. The Morgan fingerprint density at radius 3 is 2.52 bits per heavy atom. The quantitative estimate of drug-likeness (QED) is 0.493. The van der Waals surface area contributed by atoms with Gasteiger partial charge in [-0.2, -0.15) is 0 Å². The number of methoxy groups -OCH3 is 1. The molecule has 0 fully saturated rings. The van der Waals surface area contributed by atoms with E-state index in [0.717, 1.165) is 0 Å². The molecule has 1 N–H and O–H groups in total. The molecular formula is C14H20N2O5. The van der Waals surface area contributed by atoms with Crippen LogP contribution in [0, 0.1) is 15.5 Å². The summed E-state index contributed by atoms with van der Waals surface area (Å²) in [4.78, 5) is 21.8.